The van der Waals surface area contributed by atoms with Gasteiger partial charge in [-0.3, -0.25) is 5.32 Å². The third-order valence-corrected chi connectivity index (χ3v) is 4.11. The van der Waals surface area contributed by atoms with Crippen molar-refractivity contribution in [2.24, 2.45) is 5.41 Å². The average molecular weight is 265 g/mol. The summed E-state index contributed by atoms with van der Waals surface area (Å²) in [4.78, 5) is 2.56. The SMILES string of the molecule is CC(C)NC(C)(C#N)CC(C)N1CCCC(C)(C)C1. The lowest BCUT2D eigenvalue weighted by Crippen LogP contribution is -2.52. The summed E-state index contributed by atoms with van der Waals surface area (Å²) < 4.78 is 0. The third-order valence-electron chi connectivity index (χ3n) is 4.11. The molecule has 1 heterocycles. The Morgan fingerprint density at radius 3 is 2.47 bits per heavy atom. The molecular formula is C16H31N3. The molecule has 0 amide bonds. The molecule has 0 aliphatic carbocycles. The van der Waals surface area contributed by atoms with Crippen LogP contribution in [-0.4, -0.2) is 35.6 Å². The Morgan fingerprint density at radius 1 is 1.37 bits per heavy atom. The Labute approximate surface area is 119 Å². The van der Waals surface area contributed by atoms with Gasteiger partial charge in [-0.25, -0.2) is 0 Å². The molecule has 1 N–H and O–H groups in total. The number of nitrogens with zero attached hydrogens (tertiary/aromatic N) is 2. The molecule has 0 aromatic rings. The number of piperidine rings is 1. The molecule has 110 valence electrons. The maximum atomic E-state index is 9.45. The van der Waals surface area contributed by atoms with E-state index in [1.165, 1.54) is 19.4 Å². The molecular weight excluding hydrogens is 234 g/mol. The third kappa shape index (κ3) is 5.12. The van der Waals surface area contributed by atoms with Gasteiger partial charge in [0.15, 0.2) is 0 Å². The van der Waals surface area contributed by atoms with Gasteiger partial charge in [0.1, 0.15) is 5.54 Å². The zero-order chi connectivity index (χ0) is 14.7. The van der Waals surface area contributed by atoms with E-state index < -0.39 is 5.54 Å². The number of hydrogen-bond acceptors (Lipinski definition) is 3. The molecule has 0 saturated carbocycles. The Bertz CT molecular complexity index is 329. The van der Waals surface area contributed by atoms with E-state index >= 15 is 0 Å². The van der Waals surface area contributed by atoms with Crippen LogP contribution in [0.1, 0.15) is 60.8 Å². The Morgan fingerprint density at radius 2 is 2.00 bits per heavy atom. The second-order valence-electron chi connectivity index (χ2n) is 7.53. The Hall–Kier alpha value is -0.590. The summed E-state index contributed by atoms with van der Waals surface area (Å²) in [5, 5.41) is 12.9. The second-order valence-corrected chi connectivity index (χ2v) is 7.53. The first-order valence-corrected chi connectivity index (χ1v) is 7.60. The van der Waals surface area contributed by atoms with Crippen LogP contribution in [-0.2, 0) is 0 Å². The average Bonchev–Trinajstić information content (AvgIpc) is 2.26. The number of rotatable bonds is 5. The van der Waals surface area contributed by atoms with Crippen LogP contribution in [0, 0.1) is 16.7 Å². The lowest BCUT2D eigenvalue weighted by atomic mass is 9.82. The largest absolute Gasteiger partial charge is 0.300 e. The summed E-state index contributed by atoms with van der Waals surface area (Å²) >= 11 is 0. The van der Waals surface area contributed by atoms with Gasteiger partial charge in [-0.05, 0) is 58.9 Å². The highest BCUT2D eigenvalue weighted by molar-refractivity contribution is 5.06. The fourth-order valence-electron chi connectivity index (χ4n) is 3.34. The van der Waals surface area contributed by atoms with Gasteiger partial charge in [-0.1, -0.05) is 13.8 Å². The van der Waals surface area contributed by atoms with Gasteiger partial charge in [0.2, 0.25) is 0 Å². The zero-order valence-electron chi connectivity index (χ0n) is 13.6. The molecule has 3 heteroatoms. The standard InChI is InChI=1S/C16H31N3/c1-13(2)18-16(6,11-17)10-14(3)19-9-7-8-15(4,5)12-19/h13-14,18H,7-10,12H2,1-6H3. The molecule has 0 aromatic heterocycles. The van der Waals surface area contributed by atoms with Crippen molar-refractivity contribution in [1.82, 2.24) is 10.2 Å². The highest BCUT2D eigenvalue weighted by Gasteiger charge is 2.33. The number of nitriles is 1. The summed E-state index contributed by atoms with van der Waals surface area (Å²) in [6, 6.07) is 3.26. The first-order chi connectivity index (χ1) is 8.67. The van der Waals surface area contributed by atoms with Crippen molar-refractivity contribution in [2.45, 2.75) is 78.4 Å². The van der Waals surface area contributed by atoms with Crippen molar-refractivity contribution < 1.29 is 0 Å². The van der Waals surface area contributed by atoms with Crippen LogP contribution in [0.5, 0.6) is 0 Å². The van der Waals surface area contributed by atoms with Crippen molar-refractivity contribution in [3.63, 3.8) is 0 Å². The number of hydrogen-bond donors (Lipinski definition) is 1. The summed E-state index contributed by atoms with van der Waals surface area (Å²) in [5.74, 6) is 0. The molecule has 0 aromatic carbocycles. The second kappa shape index (κ2) is 6.24. The summed E-state index contributed by atoms with van der Waals surface area (Å²) in [6.45, 7) is 15.5. The lowest BCUT2D eigenvalue weighted by Gasteiger charge is -2.43. The summed E-state index contributed by atoms with van der Waals surface area (Å²) in [7, 11) is 0. The summed E-state index contributed by atoms with van der Waals surface area (Å²) in [5.41, 5.74) is -0.00377. The number of nitrogens with one attached hydrogen (secondary N) is 1. The van der Waals surface area contributed by atoms with E-state index in [4.69, 9.17) is 0 Å². The molecule has 3 nitrogen and oxygen atoms in total. The molecule has 1 saturated heterocycles. The van der Waals surface area contributed by atoms with E-state index in [1.54, 1.807) is 0 Å². The van der Waals surface area contributed by atoms with Crippen molar-refractivity contribution in [2.75, 3.05) is 13.1 Å². The fraction of sp³-hybridized carbons (Fsp3) is 0.938. The van der Waals surface area contributed by atoms with Gasteiger partial charge >= 0.3 is 0 Å². The van der Waals surface area contributed by atoms with Gasteiger partial charge in [0.05, 0.1) is 6.07 Å². The van der Waals surface area contributed by atoms with E-state index in [1.807, 2.05) is 6.92 Å². The zero-order valence-corrected chi connectivity index (χ0v) is 13.6. The van der Waals surface area contributed by atoms with Crippen LogP contribution in [0.25, 0.3) is 0 Å². The molecule has 0 radical (unpaired) electrons. The van der Waals surface area contributed by atoms with Crippen LogP contribution in [0.3, 0.4) is 0 Å². The molecule has 2 atom stereocenters. The monoisotopic (exact) mass is 265 g/mol. The molecule has 2 unspecified atom stereocenters. The Kier molecular flexibility index (Phi) is 5.41. The minimum absolute atomic E-state index is 0.342. The van der Waals surface area contributed by atoms with Gasteiger partial charge in [0, 0.05) is 18.6 Å². The van der Waals surface area contributed by atoms with Crippen molar-refractivity contribution in [1.29, 1.82) is 5.26 Å². The smallest absolute Gasteiger partial charge is 0.105 e. The van der Waals surface area contributed by atoms with Crippen molar-refractivity contribution in [3.8, 4) is 6.07 Å². The first-order valence-electron chi connectivity index (χ1n) is 7.60. The highest BCUT2D eigenvalue weighted by Crippen LogP contribution is 2.30. The van der Waals surface area contributed by atoms with E-state index in [0.717, 1.165) is 13.0 Å². The minimum Gasteiger partial charge on any atom is -0.300 e. The molecule has 0 bridgehead atoms. The predicted octanol–water partition coefficient (Wildman–Crippen LogP) is 3.17. The Balaban J connectivity index is 2.62. The van der Waals surface area contributed by atoms with Crippen LogP contribution in [0.15, 0.2) is 0 Å². The molecule has 1 fully saturated rings. The minimum atomic E-state index is -0.421. The topological polar surface area (TPSA) is 39.1 Å². The maximum absolute atomic E-state index is 9.45. The molecule has 19 heavy (non-hydrogen) atoms. The maximum Gasteiger partial charge on any atom is 0.105 e. The molecule has 1 aliphatic heterocycles. The van der Waals surface area contributed by atoms with E-state index in [0.29, 0.717) is 17.5 Å². The lowest BCUT2D eigenvalue weighted by molar-refractivity contribution is 0.0725. The normalized spacial score (nSPS) is 24.7. The summed E-state index contributed by atoms with van der Waals surface area (Å²) in [6.07, 6.45) is 3.48. The first kappa shape index (κ1) is 16.5. The predicted molar refractivity (Wildman–Crippen MR) is 81.0 cm³/mol. The highest BCUT2D eigenvalue weighted by atomic mass is 15.2. The van der Waals surface area contributed by atoms with E-state index in [-0.39, 0.29) is 0 Å². The van der Waals surface area contributed by atoms with Gasteiger partial charge in [-0.2, -0.15) is 5.26 Å². The molecule has 1 aliphatic rings. The van der Waals surface area contributed by atoms with Crippen molar-refractivity contribution in [3.05, 3.63) is 0 Å². The van der Waals surface area contributed by atoms with Gasteiger partial charge in [-0.15, -0.1) is 0 Å². The molecule has 0 spiro atoms. The van der Waals surface area contributed by atoms with E-state index in [2.05, 4.69) is 50.9 Å². The van der Waals surface area contributed by atoms with E-state index in [9.17, 15) is 5.26 Å². The van der Waals surface area contributed by atoms with Crippen LogP contribution in [0.4, 0.5) is 0 Å². The van der Waals surface area contributed by atoms with Crippen molar-refractivity contribution >= 4 is 0 Å². The fourth-order valence-corrected chi connectivity index (χ4v) is 3.34. The van der Waals surface area contributed by atoms with Crippen LogP contribution >= 0.6 is 0 Å². The van der Waals surface area contributed by atoms with Gasteiger partial charge in [0.25, 0.3) is 0 Å². The molecule has 1 rings (SSSR count). The number of likely N-dealkylation sites (tertiary alicyclic amines) is 1. The van der Waals surface area contributed by atoms with Gasteiger partial charge < -0.3 is 4.90 Å². The van der Waals surface area contributed by atoms with Crippen LogP contribution in [0.2, 0.25) is 0 Å². The van der Waals surface area contributed by atoms with Crippen LogP contribution < -0.4 is 5.32 Å². The quantitative estimate of drug-likeness (QED) is 0.830.